The molecule has 0 saturated carbocycles. The van der Waals surface area contributed by atoms with Crippen LogP contribution in [0.1, 0.15) is 18.4 Å². The monoisotopic (exact) mass is 256 g/mol. The predicted octanol–water partition coefficient (Wildman–Crippen LogP) is 3.88. The molecule has 98 valence electrons. The SMILES string of the molecule is Nc1ccc(F)cc1N1CCCCc2ccccc21. The van der Waals surface area contributed by atoms with E-state index >= 15 is 0 Å². The molecule has 3 rings (SSSR count). The number of hydrogen-bond acceptors (Lipinski definition) is 2. The number of fused-ring (bicyclic) bond motifs is 1. The number of halogens is 1. The summed E-state index contributed by atoms with van der Waals surface area (Å²) < 4.78 is 13.5. The van der Waals surface area contributed by atoms with Crippen LogP contribution >= 0.6 is 0 Å². The van der Waals surface area contributed by atoms with Gasteiger partial charge < -0.3 is 10.6 Å². The molecule has 2 N–H and O–H groups in total. The molecule has 0 aliphatic carbocycles. The lowest BCUT2D eigenvalue weighted by Crippen LogP contribution is -2.19. The van der Waals surface area contributed by atoms with Gasteiger partial charge in [0.1, 0.15) is 5.82 Å². The average Bonchev–Trinajstić information content (AvgIpc) is 2.64. The number of nitrogens with two attached hydrogens (primary N) is 1. The average molecular weight is 256 g/mol. The topological polar surface area (TPSA) is 29.3 Å². The summed E-state index contributed by atoms with van der Waals surface area (Å²) in [5.41, 5.74) is 9.88. The van der Waals surface area contributed by atoms with Crippen molar-refractivity contribution >= 4 is 17.1 Å². The second-order valence-electron chi connectivity index (χ2n) is 4.94. The quantitative estimate of drug-likeness (QED) is 0.784. The number of nitrogens with zero attached hydrogens (tertiary/aromatic N) is 1. The van der Waals surface area contributed by atoms with Crippen LogP contribution in [0.4, 0.5) is 21.5 Å². The molecule has 0 bridgehead atoms. The summed E-state index contributed by atoms with van der Waals surface area (Å²) in [4.78, 5) is 2.14. The van der Waals surface area contributed by atoms with Crippen LogP contribution in [0.15, 0.2) is 42.5 Å². The zero-order valence-corrected chi connectivity index (χ0v) is 10.8. The number of hydrogen-bond donors (Lipinski definition) is 1. The maximum atomic E-state index is 13.5. The molecule has 2 aromatic rings. The van der Waals surface area contributed by atoms with Gasteiger partial charge in [0.05, 0.1) is 11.4 Å². The zero-order chi connectivity index (χ0) is 13.2. The molecule has 1 aliphatic rings. The Bertz CT molecular complexity index is 595. The molecule has 2 nitrogen and oxygen atoms in total. The number of anilines is 3. The van der Waals surface area contributed by atoms with E-state index in [-0.39, 0.29) is 5.82 Å². The molecule has 1 heterocycles. The van der Waals surface area contributed by atoms with Crippen LogP contribution in [0.2, 0.25) is 0 Å². The summed E-state index contributed by atoms with van der Waals surface area (Å²) in [6, 6.07) is 12.9. The largest absolute Gasteiger partial charge is 0.397 e. The molecule has 1 aliphatic heterocycles. The highest BCUT2D eigenvalue weighted by atomic mass is 19.1. The van der Waals surface area contributed by atoms with Crippen LogP contribution in [0, 0.1) is 5.82 Å². The van der Waals surface area contributed by atoms with Crippen molar-refractivity contribution in [3.8, 4) is 0 Å². The molecule has 19 heavy (non-hydrogen) atoms. The number of nitrogen functional groups attached to an aromatic ring is 1. The Morgan fingerprint density at radius 3 is 2.74 bits per heavy atom. The van der Waals surface area contributed by atoms with Crippen molar-refractivity contribution in [2.45, 2.75) is 19.3 Å². The Balaban J connectivity index is 2.11. The molecule has 3 heteroatoms. The summed E-state index contributed by atoms with van der Waals surface area (Å²) in [6.07, 6.45) is 3.31. The van der Waals surface area contributed by atoms with Gasteiger partial charge in [-0.25, -0.2) is 4.39 Å². The second-order valence-corrected chi connectivity index (χ2v) is 4.94. The van der Waals surface area contributed by atoms with E-state index in [0.717, 1.165) is 37.2 Å². The van der Waals surface area contributed by atoms with E-state index in [1.54, 1.807) is 6.07 Å². The van der Waals surface area contributed by atoms with Gasteiger partial charge in [-0.3, -0.25) is 0 Å². The first-order valence-electron chi connectivity index (χ1n) is 6.66. The van der Waals surface area contributed by atoms with Gasteiger partial charge in [-0.1, -0.05) is 18.2 Å². The molecule has 0 atom stereocenters. The van der Waals surface area contributed by atoms with E-state index in [1.807, 2.05) is 6.07 Å². The Hall–Kier alpha value is -2.03. The lowest BCUT2D eigenvalue weighted by atomic mass is 10.1. The molecule has 2 aromatic carbocycles. The van der Waals surface area contributed by atoms with Crippen molar-refractivity contribution in [1.82, 2.24) is 0 Å². The highest BCUT2D eigenvalue weighted by Gasteiger charge is 2.18. The minimum Gasteiger partial charge on any atom is -0.397 e. The van der Waals surface area contributed by atoms with Crippen LogP contribution in [0.3, 0.4) is 0 Å². The summed E-state index contributed by atoms with van der Waals surface area (Å²) >= 11 is 0. The standard InChI is InChI=1S/C16H17FN2/c17-13-8-9-14(18)16(11-13)19-10-4-3-6-12-5-1-2-7-15(12)19/h1-2,5,7-9,11H,3-4,6,10,18H2. The Morgan fingerprint density at radius 1 is 1.00 bits per heavy atom. The summed E-state index contributed by atoms with van der Waals surface area (Å²) in [6.45, 7) is 0.880. The fourth-order valence-electron chi connectivity index (χ4n) is 2.69. The summed E-state index contributed by atoms with van der Waals surface area (Å²) in [7, 11) is 0. The zero-order valence-electron chi connectivity index (χ0n) is 10.8. The molecule has 0 unspecified atom stereocenters. The number of rotatable bonds is 1. The Kier molecular flexibility index (Phi) is 3.11. The molecular weight excluding hydrogens is 239 g/mol. The van der Waals surface area contributed by atoms with Gasteiger partial charge in [0.25, 0.3) is 0 Å². The third-order valence-electron chi connectivity index (χ3n) is 3.64. The van der Waals surface area contributed by atoms with E-state index in [0.29, 0.717) is 5.69 Å². The van der Waals surface area contributed by atoms with Crippen LogP contribution in [0.5, 0.6) is 0 Å². The Labute approximate surface area is 112 Å². The fourth-order valence-corrected chi connectivity index (χ4v) is 2.69. The molecule has 0 aromatic heterocycles. The van der Waals surface area contributed by atoms with Gasteiger partial charge in [-0.15, -0.1) is 0 Å². The van der Waals surface area contributed by atoms with Gasteiger partial charge in [0.15, 0.2) is 0 Å². The Morgan fingerprint density at radius 2 is 1.84 bits per heavy atom. The highest BCUT2D eigenvalue weighted by Crippen LogP contribution is 2.35. The van der Waals surface area contributed by atoms with E-state index in [2.05, 4.69) is 23.1 Å². The van der Waals surface area contributed by atoms with Crippen molar-refractivity contribution < 1.29 is 4.39 Å². The van der Waals surface area contributed by atoms with Gasteiger partial charge in [-0.05, 0) is 49.1 Å². The molecule has 0 amide bonds. The van der Waals surface area contributed by atoms with Crippen LogP contribution in [-0.2, 0) is 6.42 Å². The fraction of sp³-hybridized carbons (Fsp3) is 0.250. The van der Waals surface area contributed by atoms with Gasteiger partial charge >= 0.3 is 0 Å². The van der Waals surface area contributed by atoms with Gasteiger partial charge in [-0.2, -0.15) is 0 Å². The maximum Gasteiger partial charge on any atom is 0.125 e. The van der Waals surface area contributed by atoms with Crippen molar-refractivity contribution in [3.63, 3.8) is 0 Å². The van der Waals surface area contributed by atoms with E-state index in [4.69, 9.17) is 5.73 Å². The third kappa shape index (κ3) is 2.28. The predicted molar refractivity (Wildman–Crippen MR) is 77.2 cm³/mol. The lowest BCUT2D eigenvalue weighted by molar-refractivity contribution is 0.627. The van der Waals surface area contributed by atoms with E-state index in [9.17, 15) is 4.39 Å². The highest BCUT2D eigenvalue weighted by molar-refractivity contribution is 5.76. The smallest absolute Gasteiger partial charge is 0.125 e. The van der Waals surface area contributed by atoms with E-state index < -0.39 is 0 Å². The second kappa shape index (κ2) is 4.92. The minimum atomic E-state index is -0.245. The maximum absolute atomic E-state index is 13.5. The first kappa shape index (κ1) is 12.0. The summed E-state index contributed by atoms with van der Waals surface area (Å²) in [5, 5.41) is 0. The molecule has 0 radical (unpaired) electrons. The molecular formula is C16H17FN2. The first-order chi connectivity index (χ1) is 9.25. The third-order valence-corrected chi connectivity index (χ3v) is 3.64. The normalized spacial score (nSPS) is 14.9. The number of benzene rings is 2. The van der Waals surface area contributed by atoms with E-state index in [1.165, 1.54) is 17.7 Å². The van der Waals surface area contributed by atoms with Gasteiger partial charge in [0.2, 0.25) is 0 Å². The molecule has 0 spiro atoms. The van der Waals surface area contributed by atoms with Crippen molar-refractivity contribution in [1.29, 1.82) is 0 Å². The van der Waals surface area contributed by atoms with Crippen molar-refractivity contribution in [3.05, 3.63) is 53.8 Å². The summed E-state index contributed by atoms with van der Waals surface area (Å²) in [5.74, 6) is -0.245. The van der Waals surface area contributed by atoms with Crippen LogP contribution in [0.25, 0.3) is 0 Å². The lowest BCUT2D eigenvalue weighted by Gasteiger charge is -2.26. The minimum absolute atomic E-state index is 0.245. The molecule has 0 saturated heterocycles. The number of aryl methyl sites for hydroxylation is 1. The van der Waals surface area contributed by atoms with Crippen LogP contribution < -0.4 is 10.6 Å². The van der Waals surface area contributed by atoms with Crippen LogP contribution in [-0.4, -0.2) is 6.54 Å². The van der Waals surface area contributed by atoms with Crippen molar-refractivity contribution in [2.75, 3.05) is 17.2 Å². The first-order valence-corrected chi connectivity index (χ1v) is 6.66. The molecule has 0 fully saturated rings. The number of para-hydroxylation sites is 1. The van der Waals surface area contributed by atoms with Gasteiger partial charge in [0, 0.05) is 12.2 Å². The van der Waals surface area contributed by atoms with Crippen molar-refractivity contribution in [2.24, 2.45) is 0 Å².